The van der Waals surface area contributed by atoms with Crippen LogP contribution >= 0.6 is 23.2 Å². The van der Waals surface area contributed by atoms with Gasteiger partial charge >= 0.3 is 5.97 Å². The van der Waals surface area contributed by atoms with E-state index in [0.29, 0.717) is 10.6 Å². The average Bonchev–Trinajstić information content (AvgIpc) is 2.45. The summed E-state index contributed by atoms with van der Waals surface area (Å²) >= 11 is 11.6. The molecule has 0 amide bonds. The lowest BCUT2D eigenvalue weighted by Crippen LogP contribution is -2.07. The number of rotatable bonds is 4. The molecule has 0 unspecified atom stereocenters. The van der Waals surface area contributed by atoms with Gasteiger partial charge in [0.15, 0.2) is 0 Å². The third kappa shape index (κ3) is 3.90. The van der Waals surface area contributed by atoms with Gasteiger partial charge in [0, 0.05) is 11.1 Å². The Kier molecular flexibility index (Phi) is 4.72. The van der Waals surface area contributed by atoms with Crippen molar-refractivity contribution in [1.29, 1.82) is 0 Å². The zero-order valence-electron chi connectivity index (χ0n) is 10.5. The predicted molar refractivity (Wildman–Crippen MR) is 76.5 cm³/mol. The van der Waals surface area contributed by atoms with Crippen LogP contribution in [0.5, 0.6) is 0 Å². The SMILES string of the molecule is O=C(OCc1cccc(Cl)c1)c1cc([N+](=O)[O-])cnc1Cl. The zero-order chi connectivity index (χ0) is 15.4. The summed E-state index contributed by atoms with van der Waals surface area (Å²) in [6.07, 6.45) is 0.968. The van der Waals surface area contributed by atoms with E-state index >= 15 is 0 Å². The van der Waals surface area contributed by atoms with Crippen molar-refractivity contribution in [2.75, 3.05) is 0 Å². The molecule has 21 heavy (non-hydrogen) atoms. The van der Waals surface area contributed by atoms with Crippen LogP contribution in [-0.2, 0) is 11.3 Å². The number of nitro groups is 1. The van der Waals surface area contributed by atoms with Crippen LogP contribution in [0.4, 0.5) is 5.69 Å². The average molecular weight is 327 g/mol. The second-order valence-electron chi connectivity index (χ2n) is 4.00. The van der Waals surface area contributed by atoms with Crippen LogP contribution in [0.3, 0.4) is 0 Å². The lowest BCUT2D eigenvalue weighted by molar-refractivity contribution is -0.385. The molecule has 1 aromatic carbocycles. The van der Waals surface area contributed by atoms with Gasteiger partial charge in [0.05, 0.1) is 4.92 Å². The first kappa shape index (κ1) is 15.2. The van der Waals surface area contributed by atoms with Crippen molar-refractivity contribution in [2.24, 2.45) is 0 Å². The summed E-state index contributed by atoms with van der Waals surface area (Å²) < 4.78 is 5.04. The van der Waals surface area contributed by atoms with Gasteiger partial charge in [0.2, 0.25) is 0 Å². The van der Waals surface area contributed by atoms with Crippen LogP contribution in [0.2, 0.25) is 10.2 Å². The number of pyridine rings is 1. The van der Waals surface area contributed by atoms with Crippen LogP contribution in [0.15, 0.2) is 36.5 Å². The Morgan fingerprint density at radius 1 is 1.33 bits per heavy atom. The first-order chi connectivity index (χ1) is 9.97. The number of carbonyl (C=O) groups excluding carboxylic acids is 1. The van der Waals surface area contributed by atoms with Crippen molar-refractivity contribution in [3.8, 4) is 0 Å². The van der Waals surface area contributed by atoms with E-state index in [0.717, 1.165) is 12.3 Å². The third-order valence-electron chi connectivity index (χ3n) is 2.51. The fourth-order valence-electron chi connectivity index (χ4n) is 1.53. The molecular weight excluding hydrogens is 319 g/mol. The number of hydrogen-bond acceptors (Lipinski definition) is 5. The fraction of sp³-hybridized carbons (Fsp3) is 0.0769. The van der Waals surface area contributed by atoms with Crippen LogP contribution < -0.4 is 0 Å². The van der Waals surface area contributed by atoms with E-state index in [4.69, 9.17) is 27.9 Å². The first-order valence-corrected chi connectivity index (χ1v) is 6.44. The zero-order valence-corrected chi connectivity index (χ0v) is 12.0. The molecule has 0 aliphatic heterocycles. The van der Waals surface area contributed by atoms with Gasteiger partial charge in [0.25, 0.3) is 5.69 Å². The van der Waals surface area contributed by atoms with Gasteiger partial charge in [-0.05, 0) is 17.7 Å². The van der Waals surface area contributed by atoms with Gasteiger partial charge in [-0.2, -0.15) is 0 Å². The van der Waals surface area contributed by atoms with E-state index in [2.05, 4.69) is 4.98 Å². The van der Waals surface area contributed by atoms with Gasteiger partial charge in [0.1, 0.15) is 23.5 Å². The first-order valence-electron chi connectivity index (χ1n) is 5.69. The molecule has 0 aliphatic rings. The van der Waals surface area contributed by atoms with E-state index in [1.54, 1.807) is 24.3 Å². The summed E-state index contributed by atoms with van der Waals surface area (Å²) in [5, 5.41) is 11.0. The number of benzene rings is 1. The minimum Gasteiger partial charge on any atom is -0.457 e. The molecule has 2 rings (SSSR count). The Morgan fingerprint density at radius 2 is 2.10 bits per heavy atom. The maximum Gasteiger partial charge on any atom is 0.341 e. The minimum atomic E-state index is -0.795. The molecule has 0 atom stereocenters. The topological polar surface area (TPSA) is 82.3 Å². The van der Waals surface area contributed by atoms with Crippen LogP contribution in [0.25, 0.3) is 0 Å². The highest BCUT2D eigenvalue weighted by molar-refractivity contribution is 6.32. The number of esters is 1. The molecule has 0 bridgehead atoms. The Labute approximate surface area is 129 Å². The van der Waals surface area contributed by atoms with Crippen molar-refractivity contribution in [3.63, 3.8) is 0 Å². The number of hydrogen-bond donors (Lipinski definition) is 0. The maximum absolute atomic E-state index is 11.9. The van der Waals surface area contributed by atoms with Gasteiger partial charge in [-0.3, -0.25) is 10.1 Å². The van der Waals surface area contributed by atoms with E-state index in [1.807, 2.05) is 0 Å². The quantitative estimate of drug-likeness (QED) is 0.370. The lowest BCUT2D eigenvalue weighted by atomic mass is 10.2. The van der Waals surface area contributed by atoms with Crippen LogP contribution in [0, 0.1) is 10.1 Å². The highest BCUT2D eigenvalue weighted by atomic mass is 35.5. The van der Waals surface area contributed by atoms with Gasteiger partial charge < -0.3 is 4.74 Å². The number of ether oxygens (including phenoxy) is 1. The second kappa shape index (κ2) is 6.51. The number of carbonyl (C=O) groups is 1. The Hall–Kier alpha value is -2.18. The second-order valence-corrected chi connectivity index (χ2v) is 4.79. The van der Waals surface area contributed by atoms with Gasteiger partial charge in [-0.1, -0.05) is 35.3 Å². The van der Waals surface area contributed by atoms with Crippen LogP contribution in [0.1, 0.15) is 15.9 Å². The summed E-state index contributed by atoms with van der Waals surface area (Å²) in [4.78, 5) is 25.5. The monoisotopic (exact) mass is 326 g/mol. The van der Waals surface area contributed by atoms with E-state index in [9.17, 15) is 14.9 Å². The Morgan fingerprint density at radius 3 is 2.76 bits per heavy atom. The normalized spacial score (nSPS) is 10.2. The molecule has 0 radical (unpaired) electrons. The largest absolute Gasteiger partial charge is 0.457 e. The molecule has 0 aliphatic carbocycles. The van der Waals surface area contributed by atoms with Crippen LogP contribution in [-0.4, -0.2) is 15.9 Å². The molecule has 2 aromatic rings. The molecule has 0 saturated heterocycles. The molecular formula is C13H8Cl2N2O4. The smallest absolute Gasteiger partial charge is 0.341 e. The van der Waals surface area contributed by atoms with Crippen molar-refractivity contribution in [1.82, 2.24) is 4.98 Å². The van der Waals surface area contributed by atoms with E-state index in [1.165, 1.54) is 0 Å². The summed E-state index contributed by atoms with van der Waals surface area (Å²) in [6, 6.07) is 7.80. The van der Waals surface area contributed by atoms with Crippen molar-refractivity contribution in [2.45, 2.75) is 6.61 Å². The third-order valence-corrected chi connectivity index (χ3v) is 3.05. The molecule has 0 N–H and O–H groups in total. The fourth-order valence-corrected chi connectivity index (χ4v) is 1.93. The molecule has 0 spiro atoms. The molecule has 108 valence electrons. The molecule has 8 heteroatoms. The summed E-state index contributed by atoms with van der Waals surface area (Å²) in [5.74, 6) is -0.795. The van der Waals surface area contributed by atoms with E-state index < -0.39 is 10.9 Å². The summed E-state index contributed by atoms with van der Waals surface area (Å²) in [5.41, 5.74) is 0.187. The lowest BCUT2D eigenvalue weighted by Gasteiger charge is -2.06. The highest BCUT2D eigenvalue weighted by Crippen LogP contribution is 2.20. The van der Waals surface area contributed by atoms with Crippen molar-refractivity contribution >= 4 is 34.9 Å². The van der Waals surface area contributed by atoms with Gasteiger partial charge in [-0.15, -0.1) is 0 Å². The number of halogens is 2. The van der Waals surface area contributed by atoms with Crippen molar-refractivity contribution in [3.05, 3.63) is 67.9 Å². The highest BCUT2D eigenvalue weighted by Gasteiger charge is 2.18. The Bertz CT molecular complexity index is 706. The summed E-state index contributed by atoms with van der Waals surface area (Å²) in [6.45, 7) is -0.0294. The predicted octanol–water partition coefficient (Wildman–Crippen LogP) is 3.65. The van der Waals surface area contributed by atoms with E-state index in [-0.39, 0.29) is 23.0 Å². The summed E-state index contributed by atoms with van der Waals surface area (Å²) in [7, 11) is 0. The van der Waals surface area contributed by atoms with Crippen molar-refractivity contribution < 1.29 is 14.5 Å². The number of aromatic nitrogens is 1. The standard InChI is InChI=1S/C13H8Cl2N2O4/c14-9-3-1-2-8(4-9)7-21-13(18)11-5-10(17(19)20)6-16-12(11)15/h1-6H,7H2. The minimum absolute atomic E-state index is 0.0294. The molecule has 1 heterocycles. The molecule has 0 saturated carbocycles. The number of nitrogens with zero attached hydrogens (tertiary/aromatic N) is 2. The van der Waals surface area contributed by atoms with Gasteiger partial charge in [-0.25, -0.2) is 9.78 Å². The maximum atomic E-state index is 11.9. The molecule has 6 nitrogen and oxygen atoms in total. The molecule has 1 aromatic heterocycles. The molecule has 0 fully saturated rings. The Balaban J connectivity index is 2.13.